The molecule has 194 valence electrons. The molecule has 0 aliphatic heterocycles. The second-order valence-corrected chi connectivity index (χ2v) is 11.4. The second-order valence-electron chi connectivity index (χ2n) is 9.07. The molecule has 35 heavy (non-hydrogen) atoms. The van der Waals surface area contributed by atoms with Crippen LogP contribution in [0.1, 0.15) is 44.7 Å². The Morgan fingerprint density at radius 2 is 1.71 bits per heavy atom. The smallest absolute Gasteiger partial charge is 0.417 e. The van der Waals surface area contributed by atoms with Crippen molar-refractivity contribution in [2.75, 3.05) is 30.3 Å². The first kappa shape index (κ1) is 28.8. The summed E-state index contributed by atoms with van der Waals surface area (Å²) < 4.78 is 70.2. The van der Waals surface area contributed by atoms with Crippen molar-refractivity contribution in [1.29, 1.82) is 0 Å². The van der Waals surface area contributed by atoms with E-state index in [1.807, 2.05) is 24.3 Å². The van der Waals surface area contributed by atoms with Gasteiger partial charge in [-0.15, -0.1) is 0 Å². The molecule has 0 spiro atoms. The maximum absolute atomic E-state index is 13.2. The summed E-state index contributed by atoms with van der Waals surface area (Å²) in [6.45, 7) is 6.68. The van der Waals surface area contributed by atoms with Crippen molar-refractivity contribution in [2.24, 2.45) is 0 Å². The third kappa shape index (κ3) is 8.92. The van der Waals surface area contributed by atoms with Crippen molar-refractivity contribution in [3.63, 3.8) is 0 Å². The molecule has 2 rings (SSSR count). The van der Waals surface area contributed by atoms with Crippen molar-refractivity contribution in [3.8, 4) is 5.75 Å². The number of amides is 1. The molecule has 6 nitrogen and oxygen atoms in total. The molecular weight excluding hydrogens is 505 g/mol. The van der Waals surface area contributed by atoms with Crippen LogP contribution in [0.25, 0.3) is 0 Å². The molecule has 11 heteroatoms. The predicted octanol–water partition coefficient (Wildman–Crippen LogP) is 5.40. The number of sulfonamides is 1. The zero-order valence-electron chi connectivity index (χ0n) is 20.1. The number of ether oxygens (including phenoxy) is 1. The standard InChI is InChI=1S/C24H30ClF3N2O4S/c1-23(2,3)17-7-10-19(11-8-17)34-15-13-29-22(31)6-5-14-30(35(4,32)33)18-9-12-21(25)20(16-18)24(26,27)28/h7-12,16H,5-6,13-15H2,1-4H3,(H,29,31). The van der Waals surface area contributed by atoms with Gasteiger partial charge in [0.2, 0.25) is 15.9 Å². The van der Waals surface area contributed by atoms with Gasteiger partial charge in [0.05, 0.1) is 29.1 Å². The van der Waals surface area contributed by atoms with Gasteiger partial charge >= 0.3 is 6.18 Å². The molecule has 0 unspecified atom stereocenters. The average Bonchev–Trinajstić information content (AvgIpc) is 2.73. The van der Waals surface area contributed by atoms with Crippen LogP contribution in [0, 0.1) is 0 Å². The van der Waals surface area contributed by atoms with Crippen LogP contribution in [0.5, 0.6) is 5.75 Å². The third-order valence-corrected chi connectivity index (χ3v) is 6.65. The van der Waals surface area contributed by atoms with Gasteiger partial charge < -0.3 is 10.1 Å². The van der Waals surface area contributed by atoms with Gasteiger partial charge in [-0.1, -0.05) is 44.5 Å². The summed E-state index contributed by atoms with van der Waals surface area (Å²) in [6.07, 6.45) is -3.74. The van der Waals surface area contributed by atoms with Crippen LogP contribution >= 0.6 is 11.6 Å². The van der Waals surface area contributed by atoms with Crippen LogP contribution in [0.3, 0.4) is 0 Å². The van der Waals surface area contributed by atoms with E-state index in [1.54, 1.807) is 0 Å². The van der Waals surface area contributed by atoms with Gasteiger partial charge in [0, 0.05) is 13.0 Å². The third-order valence-electron chi connectivity index (χ3n) is 5.12. The Morgan fingerprint density at radius 1 is 1.09 bits per heavy atom. The minimum Gasteiger partial charge on any atom is -0.492 e. The van der Waals surface area contributed by atoms with Gasteiger partial charge in [-0.05, 0) is 47.7 Å². The molecular formula is C24H30ClF3N2O4S. The van der Waals surface area contributed by atoms with E-state index >= 15 is 0 Å². The minimum atomic E-state index is -4.73. The number of nitrogens with one attached hydrogen (secondary N) is 1. The summed E-state index contributed by atoms with van der Waals surface area (Å²) in [4.78, 5) is 12.1. The van der Waals surface area contributed by atoms with Crippen molar-refractivity contribution < 1.29 is 31.1 Å². The topological polar surface area (TPSA) is 75.7 Å². The molecule has 0 fully saturated rings. The largest absolute Gasteiger partial charge is 0.492 e. The lowest BCUT2D eigenvalue weighted by molar-refractivity contribution is -0.137. The molecule has 1 amide bonds. The number of carbonyl (C=O) groups is 1. The fraction of sp³-hybridized carbons (Fsp3) is 0.458. The molecule has 0 bridgehead atoms. The van der Waals surface area contributed by atoms with Crippen LogP contribution in [0.4, 0.5) is 18.9 Å². The summed E-state index contributed by atoms with van der Waals surface area (Å²) in [5.41, 5.74) is -0.0889. The SMILES string of the molecule is CC(C)(C)c1ccc(OCCNC(=O)CCCN(c2ccc(Cl)c(C(F)(F)F)c2)S(C)(=O)=O)cc1. The van der Waals surface area contributed by atoms with E-state index in [2.05, 4.69) is 26.1 Å². The predicted molar refractivity (Wildman–Crippen MR) is 132 cm³/mol. The van der Waals surface area contributed by atoms with Gasteiger partial charge in [0.25, 0.3) is 0 Å². The first-order valence-electron chi connectivity index (χ1n) is 10.9. The van der Waals surface area contributed by atoms with Gasteiger partial charge in [-0.25, -0.2) is 8.42 Å². The van der Waals surface area contributed by atoms with E-state index in [1.165, 1.54) is 11.6 Å². The number of alkyl halides is 3. The molecule has 1 N–H and O–H groups in total. The Bertz CT molecular complexity index is 1120. The summed E-state index contributed by atoms with van der Waals surface area (Å²) in [6, 6.07) is 10.6. The molecule has 0 radical (unpaired) electrons. The van der Waals surface area contributed by atoms with Gasteiger partial charge in [0.15, 0.2) is 0 Å². The van der Waals surface area contributed by atoms with E-state index in [-0.39, 0.29) is 49.5 Å². The van der Waals surface area contributed by atoms with Crippen molar-refractivity contribution >= 4 is 33.2 Å². The second kappa shape index (κ2) is 11.5. The maximum Gasteiger partial charge on any atom is 0.417 e. The first-order chi connectivity index (χ1) is 16.1. The highest BCUT2D eigenvalue weighted by atomic mass is 35.5. The van der Waals surface area contributed by atoms with Gasteiger partial charge in [-0.2, -0.15) is 13.2 Å². The average molecular weight is 535 g/mol. The Kier molecular flexibility index (Phi) is 9.47. The number of hydrogen-bond acceptors (Lipinski definition) is 4. The molecule has 0 saturated heterocycles. The van der Waals surface area contributed by atoms with Crippen molar-refractivity contribution in [2.45, 2.75) is 45.2 Å². The molecule has 0 aliphatic carbocycles. The summed E-state index contributed by atoms with van der Waals surface area (Å²) in [5.74, 6) is 0.356. The van der Waals surface area contributed by atoms with Gasteiger partial charge in [-0.3, -0.25) is 9.10 Å². The monoisotopic (exact) mass is 534 g/mol. The lowest BCUT2D eigenvalue weighted by Crippen LogP contribution is -2.33. The van der Waals surface area contributed by atoms with E-state index in [4.69, 9.17) is 16.3 Å². The minimum absolute atomic E-state index is 0.00792. The fourth-order valence-corrected chi connectivity index (χ4v) is 4.44. The number of benzene rings is 2. The van der Waals surface area contributed by atoms with Crippen LogP contribution in [-0.2, 0) is 26.4 Å². The van der Waals surface area contributed by atoms with Crippen molar-refractivity contribution in [1.82, 2.24) is 5.32 Å². The number of rotatable bonds is 10. The van der Waals surface area contributed by atoms with Crippen LogP contribution in [0.15, 0.2) is 42.5 Å². The summed E-state index contributed by atoms with van der Waals surface area (Å²) in [5, 5.41) is 2.15. The normalized spacial score (nSPS) is 12.3. The Morgan fingerprint density at radius 3 is 2.26 bits per heavy atom. The summed E-state index contributed by atoms with van der Waals surface area (Å²) in [7, 11) is -3.88. The van der Waals surface area contributed by atoms with Gasteiger partial charge in [0.1, 0.15) is 12.4 Å². The van der Waals surface area contributed by atoms with Crippen LogP contribution < -0.4 is 14.4 Å². The molecule has 0 aliphatic rings. The number of carbonyl (C=O) groups excluding carboxylic acids is 1. The highest BCUT2D eigenvalue weighted by molar-refractivity contribution is 7.92. The Hall–Kier alpha value is -2.46. The Balaban J connectivity index is 1.85. The number of nitrogens with zero attached hydrogens (tertiary/aromatic N) is 1. The maximum atomic E-state index is 13.2. The first-order valence-corrected chi connectivity index (χ1v) is 13.2. The van der Waals surface area contributed by atoms with E-state index < -0.39 is 26.8 Å². The molecule has 2 aromatic carbocycles. The zero-order valence-corrected chi connectivity index (χ0v) is 21.6. The van der Waals surface area contributed by atoms with E-state index in [0.29, 0.717) is 11.8 Å². The van der Waals surface area contributed by atoms with E-state index in [9.17, 15) is 26.4 Å². The highest BCUT2D eigenvalue weighted by Crippen LogP contribution is 2.37. The van der Waals surface area contributed by atoms with Crippen LogP contribution in [-0.4, -0.2) is 40.3 Å². The lowest BCUT2D eigenvalue weighted by Gasteiger charge is -2.23. The Labute approximate surface area is 209 Å². The quantitative estimate of drug-likeness (QED) is 0.414. The molecule has 0 saturated carbocycles. The van der Waals surface area contributed by atoms with Crippen molar-refractivity contribution in [3.05, 3.63) is 58.6 Å². The molecule has 0 heterocycles. The van der Waals surface area contributed by atoms with Crippen LogP contribution in [0.2, 0.25) is 5.02 Å². The molecule has 2 aromatic rings. The number of hydrogen-bond donors (Lipinski definition) is 1. The molecule has 0 aromatic heterocycles. The zero-order chi connectivity index (χ0) is 26.4. The highest BCUT2D eigenvalue weighted by Gasteiger charge is 2.34. The number of halogens is 4. The lowest BCUT2D eigenvalue weighted by atomic mass is 9.87. The summed E-state index contributed by atoms with van der Waals surface area (Å²) >= 11 is 5.62. The van der Waals surface area contributed by atoms with E-state index in [0.717, 1.165) is 16.6 Å². The number of anilines is 1. The fourth-order valence-electron chi connectivity index (χ4n) is 3.25. The molecule has 0 atom stereocenters.